The van der Waals surface area contributed by atoms with Crippen molar-refractivity contribution in [2.75, 3.05) is 12.0 Å². The predicted octanol–water partition coefficient (Wildman–Crippen LogP) is 4.28. The number of pyridine rings is 1. The Morgan fingerprint density at radius 1 is 1.00 bits per heavy atom. The lowest BCUT2D eigenvalue weighted by Crippen LogP contribution is -2.29. The Kier molecular flexibility index (Phi) is 5.54. The minimum atomic E-state index is -0.776. The summed E-state index contributed by atoms with van der Waals surface area (Å²) >= 11 is 0. The van der Waals surface area contributed by atoms with Crippen molar-refractivity contribution in [3.05, 3.63) is 95.3 Å². The highest BCUT2D eigenvalue weighted by molar-refractivity contribution is 6.51. The molecule has 6 nitrogen and oxygen atoms in total. The number of ketones is 1. The van der Waals surface area contributed by atoms with E-state index in [-0.39, 0.29) is 11.3 Å². The zero-order valence-electron chi connectivity index (χ0n) is 17.3. The number of anilines is 1. The third kappa shape index (κ3) is 3.68. The van der Waals surface area contributed by atoms with Gasteiger partial charge in [0, 0.05) is 23.6 Å². The number of aliphatic hydroxyl groups excluding tert-OH is 1. The van der Waals surface area contributed by atoms with Crippen LogP contribution in [0.3, 0.4) is 0 Å². The highest BCUT2D eigenvalue weighted by Crippen LogP contribution is 2.42. The SMILES string of the molecule is CCc1ccc(/C(O)=C2/C(=O)C(=O)N(c3ccc(OC)cc3)C2c2ccncc2)cc1. The van der Waals surface area contributed by atoms with E-state index in [1.54, 1.807) is 68.0 Å². The van der Waals surface area contributed by atoms with Crippen LogP contribution >= 0.6 is 0 Å². The Labute approximate surface area is 180 Å². The molecule has 0 radical (unpaired) electrons. The van der Waals surface area contributed by atoms with Crippen LogP contribution in [-0.2, 0) is 16.0 Å². The molecule has 1 aliphatic rings. The molecule has 1 saturated heterocycles. The van der Waals surface area contributed by atoms with Gasteiger partial charge in [0.2, 0.25) is 0 Å². The average molecular weight is 414 g/mol. The molecule has 3 aromatic rings. The number of ether oxygens (including phenoxy) is 1. The molecule has 1 amide bonds. The minimum Gasteiger partial charge on any atom is -0.507 e. The zero-order valence-corrected chi connectivity index (χ0v) is 17.3. The van der Waals surface area contributed by atoms with Crippen molar-refractivity contribution in [3.8, 4) is 5.75 Å². The second-order valence-electron chi connectivity index (χ2n) is 7.20. The minimum absolute atomic E-state index is 0.0521. The second-order valence-corrected chi connectivity index (χ2v) is 7.20. The number of amides is 1. The maximum absolute atomic E-state index is 13.1. The summed E-state index contributed by atoms with van der Waals surface area (Å²) < 4.78 is 5.20. The summed E-state index contributed by atoms with van der Waals surface area (Å²) in [5, 5.41) is 11.1. The number of hydrogen-bond acceptors (Lipinski definition) is 5. The van der Waals surface area contributed by atoms with Crippen LogP contribution in [0.15, 0.2) is 78.6 Å². The van der Waals surface area contributed by atoms with Crippen LogP contribution in [0, 0.1) is 0 Å². The number of hydrogen-bond donors (Lipinski definition) is 1. The third-order valence-corrected chi connectivity index (χ3v) is 5.45. The molecule has 1 aliphatic heterocycles. The summed E-state index contributed by atoms with van der Waals surface area (Å²) in [5.41, 5.74) is 2.86. The molecule has 31 heavy (non-hydrogen) atoms. The van der Waals surface area contributed by atoms with Crippen molar-refractivity contribution < 1.29 is 19.4 Å². The van der Waals surface area contributed by atoms with Gasteiger partial charge in [0.05, 0.1) is 18.7 Å². The molecule has 2 heterocycles. The van der Waals surface area contributed by atoms with Gasteiger partial charge < -0.3 is 9.84 Å². The predicted molar refractivity (Wildman–Crippen MR) is 118 cm³/mol. The molecule has 6 heteroatoms. The van der Waals surface area contributed by atoms with E-state index in [1.165, 1.54) is 4.90 Å². The van der Waals surface area contributed by atoms with Gasteiger partial charge in [0.15, 0.2) is 0 Å². The summed E-state index contributed by atoms with van der Waals surface area (Å²) in [6.07, 6.45) is 4.05. The number of aromatic nitrogens is 1. The van der Waals surface area contributed by atoms with Gasteiger partial charge in [0.1, 0.15) is 11.5 Å². The Hall–Kier alpha value is -3.93. The molecule has 0 saturated carbocycles. The first-order chi connectivity index (χ1) is 15.0. The molecule has 1 atom stereocenters. The van der Waals surface area contributed by atoms with Crippen LogP contribution in [0.25, 0.3) is 5.76 Å². The summed E-state index contributed by atoms with van der Waals surface area (Å²) in [7, 11) is 1.56. The second kappa shape index (κ2) is 8.44. The standard InChI is InChI=1S/C25H22N2O4/c1-3-16-4-6-18(7-5-16)23(28)21-22(17-12-14-26-15-13-17)27(25(30)24(21)29)19-8-10-20(31-2)11-9-19/h4-15,22,28H,3H2,1-2H3/b23-21-. The molecule has 156 valence electrons. The molecule has 1 unspecified atom stereocenters. The Balaban J connectivity index is 1.88. The number of carbonyl (C=O) groups excluding carboxylic acids is 2. The summed E-state index contributed by atoms with van der Waals surface area (Å²) in [4.78, 5) is 31.6. The largest absolute Gasteiger partial charge is 0.507 e. The number of rotatable bonds is 5. The van der Waals surface area contributed by atoms with E-state index in [0.717, 1.165) is 12.0 Å². The van der Waals surface area contributed by atoms with Crippen molar-refractivity contribution in [2.45, 2.75) is 19.4 Å². The van der Waals surface area contributed by atoms with E-state index in [2.05, 4.69) is 4.98 Å². The van der Waals surface area contributed by atoms with Crippen molar-refractivity contribution in [3.63, 3.8) is 0 Å². The third-order valence-electron chi connectivity index (χ3n) is 5.45. The van der Waals surface area contributed by atoms with E-state index in [9.17, 15) is 14.7 Å². The molecule has 0 bridgehead atoms. The number of Topliss-reactive ketones (excluding diaryl/α,β-unsaturated/α-hetero) is 1. The number of nitrogens with zero attached hydrogens (tertiary/aromatic N) is 2. The highest BCUT2D eigenvalue weighted by Gasteiger charge is 2.46. The fourth-order valence-electron chi connectivity index (χ4n) is 3.76. The van der Waals surface area contributed by atoms with Crippen LogP contribution in [0.2, 0.25) is 0 Å². The Morgan fingerprint density at radius 2 is 1.65 bits per heavy atom. The molecule has 4 rings (SSSR count). The average Bonchev–Trinajstić information content (AvgIpc) is 3.09. The lowest BCUT2D eigenvalue weighted by molar-refractivity contribution is -0.132. The topological polar surface area (TPSA) is 79.7 Å². The quantitative estimate of drug-likeness (QED) is 0.383. The van der Waals surface area contributed by atoms with E-state index in [4.69, 9.17) is 4.74 Å². The van der Waals surface area contributed by atoms with E-state index >= 15 is 0 Å². The lowest BCUT2D eigenvalue weighted by Gasteiger charge is -2.25. The smallest absolute Gasteiger partial charge is 0.300 e. The van der Waals surface area contributed by atoms with Gasteiger partial charge in [-0.15, -0.1) is 0 Å². The Bertz CT molecular complexity index is 1140. The first-order valence-electron chi connectivity index (χ1n) is 9.99. The first kappa shape index (κ1) is 20.3. The van der Waals surface area contributed by atoms with E-state index < -0.39 is 17.7 Å². The molecule has 1 N–H and O–H groups in total. The van der Waals surface area contributed by atoms with Gasteiger partial charge in [-0.2, -0.15) is 0 Å². The van der Waals surface area contributed by atoms with Crippen molar-refractivity contribution in [2.24, 2.45) is 0 Å². The van der Waals surface area contributed by atoms with Crippen LogP contribution < -0.4 is 9.64 Å². The van der Waals surface area contributed by atoms with Gasteiger partial charge in [0.25, 0.3) is 11.7 Å². The fourth-order valence-corrected chi connectivity index (χ4v) is 3.76. The van der Waals surface area contributed by atoms with Gasteiger partial charge in [-0.1, -0.05) is 31.2 Å². The fraction of sp³-hybridized carbons (Fsp3) is 0.160. The molecular weight excluding hydrogens is 392 g/mol. The van der Waals surface area contributed by atoms with Crippen molar-refractivity contribution >= 4 is 23.1 Å². The molecule has 1 fully saturated rings. The monoisotopic (exact) mass is 414 g/mol. The van der Waals surface area contributed by atoms with Crippen molar-refractivity contribution in [1.29, 1.82) is 0 Å². The lowest BCUT2D eigenvalue weighted by atomic mass is 9.95. The molecular formula is C25H22N2O4. The van der Waals surface area contributed by atoms with Crippen LogP contribution in [0.5, 0.6) is 5.75 Å². The van der Waals surface area contributed by atoms with Crippen molar-refractivity contribution in [1.82, 2.24) is 4.98 Å². The number of aryl methyl sites for hydroxylation is 1. The van der Waals surface area contributed by atoms with Crippen LogP contribution in [0.4, 0.5) is 5.69 Å². The number of carbonyl (C=O) groups is 2. The summed E-state index contributed by atoms with van der Waals surface area (Å²) in [6, 6.07) is 16.9. The summed E-state index contributed by atoms with van der Waals surface area (Å²) in [5.74, 6) is -0.982. The van der Waals surface area contributed by atoms with Gasteiger partial charge in [-0.3, -0.25) is 19.5 Å². The normalized spacial score (nSPS) is 17.7. The van der Waals surface area contributed by atoms with Gasteiger partial charge in [-0.05, 0) is 53.9 Å². The zero-order chi connectivity index (χ0) is 22.0. The molecule has 2 aromatic carbocycles. The molecule has 0 spiro atoms. The maximum Gasteiger partial charge on any atom is 0.300 e. The number of methoxy groups -OCH3 is 1. The summed E-state index contributed by atoms with van der Waals surface area (Å²) in [6.45, 7) is 2.04. The van der Waals surface area contributed by atoms with E-state index in [1.807, 2.05) is 19.1 Å². The van der Waals surface area contributed by atoms with Gasteiger partial charge >= 0.3 is 0 Å². The van der Waals surface area contributed by atoms with E-state index in [0.29, 0.717) is 22.6 Å². The highest BCUT2D eigenvalue weighted by atomic mass is 16.5. The number of benzene rings is 2. The van der Waals surface area contributed by atoms with Crippen LogP contribution in [-0.4, -0.2) is 28.9 Å². The van der Waals surface area contributed by atoms with Crippen LogP contribution in [0.1, 0.15) is 29.7 Å². The first-order valence-corrected chi connectivity index (χ1v) is 9.99. The van der Waals surface area contributed by atoms with Gasteiger partial charge in [-0.25, -0.2) is 0 Å². The number of aliphatic hydroxyl groups is 1. The molecule has 1 aromatic heterocycles. The molecule has 0 aliphatic carbocycles. The maximum atomic E-state index is 13.1. The Morgan fingerprint density at radius 3 is 2.23 bits per heavy atom.